The van der Waals surface area contributed by atoms with Gasteiger partial charge in [0, 0.05) is 5.92 Å². The van der Waals surface area contributed by atoms with E-state index in [-0.39, 0.29) is 0 Å². The Bertz CT molecular complexity index is 134. The van der Waals surface area contributed by atoms with Gasteiger partial charge in [-0.25, -0.2) is 0 Å². The van der Waals surface area contributed by atoms with Gasteiger partial charge in [-0.2, -0.15) is 0 Å². The van der Waals surface area contributed by atoms with E-state index in [9.17, 15) is 4.79 Å². The number of hydrogen-bond donors (Lipinski definition) is 1. The zero-order valence-corrected chi connectivity index (χ0v) is 6.05. The minimum absolute atomic E-state index is 0.386. The maximum absolute atomic E-state index is 10.4. The summed E-state index contributed by atoms with van der Waals surface area (Å²) in [6, 6.07) is 0. The first-order valence-electron chi connectivity index (χ1n) is 4.06. The lowest BCUT2D eigenvalue weighted by molar-refractivity contribution is -0.111. The summed E-state index contributed by atoms with van der Waals surface area (Å²) in [6.45, 7) is 2.30. The third-order valence-corrected chi connectivity index (χ3v) is 2.88. The highest BCUT2D eigenvalue weighted by Gasteiger charge is 2.36. The molecular formula is C8H13NO. The largest absolute Gasteiger partial charge is 0.316 e. The minimum atomic E-state index is 0.386. The van der Waals surface area contributed by atoms with E-state index in [1.54, 1.807) is 0 Å². The second-order valence-corrected chi connectivity index (χ2v) is 3.55. The van der Waals surface area contributed by atoms with Crippen LogP contribution in [0.4, 0.5) is 0 Å². The molecule has 0 amide bonds. The van der Waals surface area contributed by atoms with Crippen LogP contribution in [0.15, 0.2) is 0 Å². The fourth-order valence-corrected chi connectivity index (χ4v) is 2.32. The van der Waals surface area contributed by atoms with Gasteiger partial charge in [0.2, 0.25) is 0 Å². The molecule has 10 heavy (non-hydrogen) atoms. The Hall–Kier alpha value is -0.370. The summed E-state index contributed by atoms with van der Waals surface area (Å²) in [4.78, 5) is 10.4. The molecule has 2 nitrogen and oxygen atoms in total. The molecule has 2 heteroatoms. The van der Waals surface area contributed by atoms with Crippen molar-refractivity contribution in [2.75, 3.05) is 13.1 Å². The van der Waals surface area contributed by atoms with Crippen molar-refractivity contribution < 1.29 is 4.79 Å². The van der Waals surface area contributed by atoms with E-state index in [2.05, 4.69) is 5.32 Å². The first kappa shape index (κ1) is 6.35. The highest BCUT2D eigenvalue weighted by molar-refractivity contribution is 5.54. The summed E-state index contributed by atoms with van der Waals surface area (Å²) in [7, 11) is 0. The van der Waals surface area contributed by atoms with E-state index >= 15 is 0 Å². The maximum Gasteiger partial charge on any atom is 0.123 e. The molecule has 2 aliphatic rings. The monoisotopic (exact) mass is 139 g/mol. The van der Waals surface area contributed by atoms with Crippen molar-refractivity contribution in [1.82, 2.24) is 5.32 Å². The molecule has 0 aromatic heterocycles. The van der Waals surface area contributed by atoms with Gasteiger partial charge >= 0.3 is 0 Å². The second kappa shape index (κ2) is 2.35. The summed E-state index contributed by atoms with van der Waals surface area (Å²) in [5.74, 6) is 2.02. The Morgan fingerprint density at radius 1 is 1.20 bits per heavy atom. The van der Waals surface area contributed by atoms with Crippen molar-refractivity contribution in [3.05, 3.63) is 0 Å². The van der Waals surface area contributed by atoms with Crippen LogP contribution in [0.25, 0.3) is 0 Å². The Morgan fingerprint density at radius 2 is 1.80 bits per heavy atom. The molecule has 56 valence electrons. The van der Waals surface area contributed by atoms with Crippen molar-refractivity contribution >= 4 is 6.29 Å². The van der Waals surface area contributed by atoms with Gasteiger partial charge in [-0.1, -0.05) is 0 Å². The molecule has 1 heterocycles. The molecule has 0 unspecified atom stereocenters. The topological polar surface area (TPSA) is 29.1 Å². The fourth-order valence-electron chi connectivity index (χ4n) is 2.32. The molecule has 0 radical (unpaired) electrons. The predicted molar refractivity (Wildman–Crippen MR) is 38.6 cm³/mol. The summed E-state index contributed by atoms with van der Waals surface area (Å²) >= 11 is 0. The molecule has 0 aromatic carbocycles. The smallest absolute Gasteiger partial charge is 0.123 e. The average Bonchev–Trinajstić information content (AvgIpc) is 2.42. The molecule has 1 aliphatic heterocycles. The molecule has 2 fully saturated rings. The Balaban J connectivity index is 1.99. The van der Waals surface area contributed by atoms with E-state index < -0.39 is 0 Å². The lowest BCUT2D eigenvalue weighted by Crippen LogP contribution is -2.12. The molecule has 1 saturated carbocycles. The Morgan fingerprint density at radius 3 is 2.30 bits per heavy atom. The van der Waals surface area contributed by atoms with Gasteiger partial charge in [0.25, 0.3) is 0 Å². The fraction of sp³-hybridized carbons (Fsp3) is 0.875. The van der Waals surface area contributed by atoms with Crippen molar-refractivity contribution in [3.8, 4) is 0 Å². The maximum atomic E-state index is 10.4. The highest BCUT2D eigenvalue weighted by atomic mass is 16.1. The normalized spacial score (nSPS) is 40.0. The highest BCUT2D eigenvalue weighted by Crippen LogP contribution is 2.37. The number of carbonyl (C=O) groups is 1. The van der Waals surface area contributed by atoms with Crippen LogP contribution in [0.2, 0.25) is 0 Å². The van der Waals surface area contributed by atoms with Crippen LogP contribution >= 0.6 is 0 Å². The van der Waals surface area contributed by atoms with Crippen LogP contribution in [-0.4, -0.2) is 19.4 Å². The van der Waals surface area contributed by atoms with Gasteiger partial charge in [0.15, 0.2) is 0 Å². The van der Waals surface area contributed by atoms with Gasteiger partial charge < -0.3 is 10.1 Å². The van der Waals surface area contributed by atoms with E-state index in [4.69, 9.17) is 0 Å². The number of aldehydes is 1. The third kappa shape index (κ3) is 0.870. The first-order chi connectivity index (χ1) is 4.90. The van der Waals surface area contributed by atoms with Crippen LogP contribution in [0.1, 0.15) is 12.8 Å². The van der Waals surface area contributed by atoms with Gasteiger partial charge in [0.1, 0.15) is 6.29 Å². The number of rotatable bonds is 1. The van der Waals surface area contributed by atoms with Crippen molar-refractivity contribution in [2.45, 2.75) is 12.8 Å². The van der Waals surface area contributed by atoms with Crippen molar-refractivity contribution in [1.29, 1.82) is 0 Å². The first-order valence-corrected chi connectivity index (χ1v) is 4.06. The number of nitrogens with one attached hydrogen (secondary N) is 1. The molecule has 1 N–H and O–H groups in total. The minimum Gasteiger partial charge on any atom is -0.316 e. The molecule has 1 aliphatic carbocycles. The summed E-state index contributed by atoms with van der Waals surface area (Å²) in [5.41, 5.74) is 0. The van der Waals surface area contributed by atoms with Gasteiger partial charge in [0.05, 0.1) is 0 Å². The van der Waals surface area contributed by atoms with Crippen LogP contribution in [0, 0.1) is 17.8 Å². The van der Waals surface area contributed by atoms with Crippen LogP contribution in [0.3, 0.4) is 0 Å². The standard InChI is InChI=1S/C8H13NO/c10-5-6-1-7-3-9-4-8(7)2-6/h5-9H,1-4H2/t7-,8-/m1/s1. The molecule has 2 rings (SSSR count). The zero-order chi connectivity index (χ0) is 6.97. The summed E-state index contributed by atoms with van der Waals surface area (Å²) in [5, 5.41) is 3.35. The van der Waals surface area contributed by atoms with Gasteiger partial charge in [-0.3, -0.25) is 0 Å². The Kier molecular flexibility index (Phi) is 1.49. The average molecular weight is 139 g/mol. The number of fused-ring (bicyclic) bond motifs is 1. The molecule has 0 spiro atoms. The van der Waals surface area contributed by atoms with E-state index in [1.807, 2.05) is 0 Å². The van der Waals surface area contributed by atoms with Gasteiger partial charge in [-0.05, 0) is 37.8 Å². The lowest BCUT2D eigenvalue weighted by atomic mass is 10.0. The summed E-state index contributed by atoms with van der Waals surface area (Å²) < 4.78 is 0. The summed E-state index contributed by atoms with van der Waals surface area (Å²) in [6.07, 6.45) is 3.42. The Labute approximate surface area is 61.0 Å². The second-order valence-electron chi connectivity index (χ2n) is 3.55. The van der Waals surface area contributed by atoms with E-state index in [1.165, 1.54) is 0 Å². The molecule has 0 bridgehead atoms. The van der Waals surface area contributed by atoms with Crippen molar-refractivity contribution in [2.24, 2.45) is 17.8 Å². The lowest BCUT2D eigenvalue weighted by Gasteiger charge is -2.02. The quantitative estimate of drug-likeness (QED) is 0.534. The molecular weight excluding hydrogens is 126 g/mol. The number of carbonyl (C=O) groups excluding carboxylic acids is 1. The van der Waals surface area contributed by atoms with Crippen molar-refractivity contribution in [3.63, 3.8) is 0 Å². The van der Waals surface area contributed by atoms with Crippen LogP contribution in [-0.2, 0) is 4.79 Å². The number of hydrogen-bond acceptors (Lipinski definition) is 2. The van der Waals surface area contributed by atoms with E-state index in [0.29, 0.717) is 5.92 Å². The third-order valence-electron chi connectivity index (χ3n) is 2.88. The van der Waals surface area contributed by atoms with Crippen LogP contribution in [0.5, 0.6) is 0 Å². The molecule has 2 atom stereocenters. The zero-order valence-electron chi connectivity index (χ0n) is 6.05. The molecule has 0 aromatic rings. The van der Waals surface area contributed by atoms with E-state index in [0.717, 1.165) is 44.1 Å². The predicted octanol–water partition coefficient (Wildman–Crippen LogP) is 0.431. The van der Waals surface area contributed by atoms with Crippen LogP contribution < -0.4 is 5.32 Å². The van der Waals surface area contributed by atoms with Gasteiger partial charge in [-0.15, -0.1) is 0 Å². The molecule has 1 saturated heterocycles. The SMILES string of the molecule is O=CC1C[C@@H]2CNC[C@H]2C1.